The number of benzene rings is 1. The predicted octanol–water partition coefficient (Wildman–Crippen LogP) is 3.15. The molecule has 0 unspecified atom stereocenters. The highest BCUT2D eigenvalue weighted by molar-refractivity contribution is 6.33. The number of amides is 1. The average Bonchev–Trinajstić information content (AvgIpc) is 3.43. The number of aromatic nitrogens is 3. The minimum absolute atomic E-state index is 0.0767. The van der Waals surface area contributed by atoms with Crippen LogP contribution in [0.4, 0.5) is 0 Å². The molecule has 1 amide bonds. The van der Waals surface area contributed by atoms with Gasteiger partial charge < -0.3 is 9.73 Å². The highest BCUT2D eigenvalue weighted by Gasteiger charge is 2.19. The van der Waals surface area contributed by atoms with E-state index in [0.717, 1.165) is 56.4 Å². The molecule has 0 bridgehead atoms. The molecule has 8 nitrogen and oxygen atoms in total. The van der Waals surface area contributed by atoms with Crippen molar-refractivity contribution in [1.29, 1.82) is 0 Å². The maximum Gasteiger partial charge on any atom is 0.273 e. The molecule has 2 aromatic heterocycles. The van der Waals surface area contributed by atoms with E-state index in [1.807, 2.05) is 50.2 Å². The SMILES string of the molecule is CC(C)NC(=O)c1cn(CCN2CCN(Cc3ccc(-c4ccccc4Cl)o3)CC2)nn1. The summed E-state index contributed by atoms with van der Waals surface area (Å²) in [7, 11) is 0. The van der Waals surface area contributed by atoms with Crippen LogP contribution in [0.1, 0.15) is 30.1 Å². The molecular formula is C23H29ClN6O2. The van der Waals surface area contributed by atoms with Crippen LogP contribution in [0.3, 0.4) is 0 Å². The summed E-state index contributed by atoms with van der Waals surface area (Å²) in [6.45, 7) is 10.1. The molecule has 4 rings (SSSR count). The van der Waals surface area contributed by atoms with Crippen LogP contribution in [0.15, 0.2) is 47.0 Å². The van der Waals surface area contributed by atoms with E-state index in [0.29, 0.717) is 17.3 Å². The van der Waals surface area contributed by atoms with Crippen LogP contribution in [0, 0.1) is 0 Å². The van der Waals surface area contributed by atoms with Gasteiger partial charge in [0.1, 0.15) is 11.5 Å². The van der Waals surface area contributed by atoms with Gasteiger partial charge in [0.05, 0.1) is 24.3 Å². The number of piperazine rings is 1. The van der Waals surface area contributed by atoms with Crippen molar-refractivity contribution in [2.75, 3.05) is 32.7 Å². The third kappa shape index (κ3) is 5.76. The molecule has 3 heterocycles. The molecule has 0 radical (unpaired) electrons. The lowest BCUT2D eigenvalue weighted by Crippen LogP contribution is -2.46. The van der Waals surface area contributed by atoms with Gasteiger partial charge in [-0.3, -0.25) is 19.3 Å². The predicted molar refractivity (Wildman–Crippen MR) is 123 cm³/mol. The number of halogens is 1. The Labute approximate surface area is 193 Å². The van der Waals surface area contributed by atoms with Crippen LogP contribution in [-0.2, 0) is 13.1 Å². The molecule has 170 valence electrons. The van der Waals surface area contributed by atoms with Crippen LogP contribution in [-0.4, -0.2) is 69.5 Å². The van der Waals surface area contributed by atoms with E-state index in [1.54, 1.807) is 10.9 Å². The molecule has 0 aliphatic carbocycles. The minimum atomic E-state index is -0.185. The number of nitrogens with zero attached hydrogens (tertiary/aromatic N) is 5. The van der Waals surface area contributed by atoms with Crippen molar-refractivity contribution in [3.05, 3.63) is 59.1 Å². The van der Waals surface area contributed by atoms with Gasteiger partial charge in [0.15, 0.2) is 5.69 Å². The number of carbonyl (C=O) groups is 1. The van der Waals surface area contributed by atoms with E-state index in [4.69, 9.17) is 16.0 Å². The van der Waals surface area contributed by atoms with Crippen LogP contribution in [0.5, 0.6) is 0 Å². The van der Waals surface area contributed by atoms with E-state index < -0.39 is 0 Å². The third-order valence-corrected chi connectivity index (χ3v) is 5.81. The first kappa shape index (κ1) is 22.5. The van der Waals surface area contributed by atoms with Crippen molar-refractivity contribution in [3.8, 4) is 11.3 Å². The van der Waals surface area contributed by atoms with Crippen molar-refractivity contribution >= 4 is 17.5 Å². The van der Waals surface area contributed by atoms with Crippen molar-refractivity contribution < 1.29 is 9.21 Å². The molecular weight excluding hydrogens is 428 g/mol. The molecule has 9 heteroatoms. The Hall–Kier alpha value is -2.68. The Morgan fingerprint density at radius 3 is 2.59 bits per heavy atom. The molecule has 0 spiro atoms. The molecule has 3 aromatic rings. The Morgan fingerprint density at radius 1 is 1.09 bits per heavy atom. The second kappa shape index (κ2) is 10.3. The van der Waals surface area contributed by atoms with E-state index >= 15 is 0 Å². The summed E-state index contributed by atoms with van der Waals surface area (Å²) in [6, 6.07) is 11.8. The molecule has 0 saturated carbocycles. The summed E-state index contributed by atoms with van der Waals surface area (Å²) in [5.41, 5.74) is 1.28. The monoisotopic (exact) mass is 456 g/mol. The topological polar surface area (TPSA) is 79.4 Å². The van der Waals surface area contributed by atoms with E-state index in [2.05, 4.69) is 25.4 Å². The zero-order valence-electron chi connectivity index (χ0n) is 18.5. The lowest BCUT2D eigenvalue weighted by molar-refractivity contribution is 0.0938. The fourth-order valence-corrected chi connectivity index (χ4v) is 3.98. The molecule has 1 aliphatic rings. The Morgan fingerprint density at radius 2 is 1.84 bits per heavy atom. The van der Waals surface area contributed by atoms with Crippen molar-refractivity contribution in [2.24, 2.45) is 0 Å². The van der Waals surface area contributed by atoms with Gasteiger partial charge in [0, 0.05) is 44.3 Å². The van der Waals surface area contributed by atoms with E-state index in [9.17, 15) is 4.79 Å². The summed E-state index contributed by atoms with van der Waals surface area (Å²) in [5, 5.41) is 11.6. The molecule has 1 fully saturated rings. The van der Waals surface area contributed by atoms with Crippen LogP contribution in [0.2, 0.25) is 5.02 Å². The van der Waals surface area contributed by atoms with Crippen molar-refractivity contribution in [3.63, 3.8) is 0 Å². The number of furan rings is 1. The van der Waals surface area contributed by atoms with Gasteiger partial charge in [0.2, 0.25) is 0 Å². The smallest absolute Gasteiger partial charge is 0.273 e. The molecule has 1 saturated heterocycles. The molecule has 0 atom stereocenters. The standard InChI is InChI=1S/C23H29ClN6O2/c1-17(2)25-23(31)21-16-30(27-26-21)14-13-28-9-11-29(12-10-28)15-18-7-8-22(32-18)19-5-3-4-6-20(19)24/h3-8,16-17H,9-15H2,1-2H3,(H,25,31). The summed E-state index contributed by atoms with van der Waals surface area (Å²) < 4.78 is 7.78. The van der Waals surface area contributed by atoms with Crippen LogP contribution < -0.4 is 5.32 Å². The van der Waals surface area contributed by atoms with Gasteiger partial charge in [-0.15, -0.1) is 5.10 Å². The van der Waals surface area contributed by atoms with Crippen molar-refractivity contribution in [2.45, 2.75) is 33.0 Å². The lowest BCUT2D eigenvalue weighted by atomic mass is 10.2. The van der Waals surface area contributed by atoms with Gasteiger partial charge >= 0.3 is 0 Å². The highest BCUT2D eigenvalue weighted by atomic mass is 35.5. The Kier molecular flexibility index (Phi) is 7.24. The second-order valence-corrected chi connectivity index (χ2v) is 8.77. The van der Waals surface area contributed by atoms with E-state index in [1.165, 1.54) is 0 Å². The van der Waals surface area contributed by atoms with Gasteiger partial charge in [-0.25, -0.2) is 0 Å². The number of rotatable bonds is 8. The first-order valence-electron chi connectivity index (χ1n) is 11.0. The van der Waals surface area contributed by atoms with Crippen LogP contribution in [0.25, 0.3) is 11.3 Å². The first-order valence-corrected chi connectivity index (χ1v) is 11.3. The van der Waals surface area contributed by atoms with Crippen LogP contribution >= 0.6 is 11.6 Å². The summed E-state index contributed by atoms with van der Waals surface area (Å²) in [5.74, 6) is 1.57. The average molecular weight is 457 g/mol. The Balaban J connectivity index is 1.22. The zero-order chi connectivity index (χ0) is 22.5. The largest absolute Gasteiger partial charge is 0.460 e. The van der Waals surface area contributed by atoms with Crippen molar-refractivity contribution in [1.82, 2.24) is 30.1 Å². The minimum Gasteiger partial charge on any atom is -0.460 e. The van der Waals surface area contributed by atoms with Gasteiger partial charge in [-0.2, -0.15) is 0 Å². The first-order chi connectivity index (χ1) is 15.5. The summed E-state index contributed by atoms with van der Waals surface area (Å²) >= 11 is 6.28. The van der Waals surface area contributed by atoms with E-state index in [-0.39, 0.29) is 11.9 Å². The highest BCUT2D eigenvalue weighted by Crippen LogP contribution is 2.29. The third-order valence-electron chi connectivity index (χ3n) is 5.48. The molecule has 1 aliphatic heterocycles. The lowest BCUT2D eigenvalue weighted by Gasteiger charge is -2.34. The Bertz CT molecular complexity index is 1040. The molecule has 32 heavy (non-hydrogen) atoms. The number of carbonyl (C=O) groups excluding carboxylic acids is 1. The number of hydrogen-bond acceptors (Lipinski definition) is 6. The number of nitrogens with one attached hydrogen (secondary N) is 1. The second-order valence-electron chi connectivity index (χ2n) is 8.36. The quantitative estimate of drug-likeness (QED) is 0.561. The maximum atomic E-state index is 12.0. The normalized spacial score (nSPS) is 15.4. The zero-order valence-corrected chi connectivity index (χ0v) is 19.3. The summed E-state index contributed by atoms with van der Waals surface area (Å²) in [4.78, 5) is 16.8. The molecule has 1 N–H and O–H groups in total. The summed E-state index contributed by atoms with van der Waals surface area (Å²) in [6.07, 6.45) is 1.71. The molecule has 1 aromatic carbocycles. The fourth-order valence-electron chi connectivity index (χ4n) is 3.75. The van der Waals surface area contributed by atoms with Gasteiger partial charge in [-0.1, -0.05) is 28.9 Å². The fraction of sp³-hybridized carbons (Fsp3) is 0.435. The van der Waals surface area contributed by atoms with Gasteiger partial charge in [0.25, 0.3) is 5.91 Å². The van der Waals surface area contributed by atoms with Gasteiger partial charge in [-0.05, 0) is 38.1 Å². The maximum absolute atomic E-state index is 12.0. The number of hydrogen-bond donors (Lipinski definition) is 1.